The molecule has 0 bridgehead atoms. The van der Waals surface area contributed by atoms with E-state index in [1.165, 1.54) is 109 Å². The molecule has 1 heterocycles. The molecule has 4 aromatic rings. The first-order valence-corrected chi connectivity index (χ1v) is 36.3. The molecule has 12 heteroatoms. The first kappa shape index (κ1) is 71.8. The van der Waals surface area contributed by atoms with Crippen LogP contribution >= 0.6 is 0 Å². The van der Waals surface area contributed by atoms with Crippen LogP contribution in [-0.4, -0.2) is 88.6 Å². The Labute approximate surface area is 516 Å². The fraction of sp³-hybridized carbons (Fsp3) is 0.658. The molecular weight excluding hydrogens is 1080 g/mol. The number of hydrogen-bond donors (Lipinski definition) is 2. The van der Waals surface area contributed by atoms with E-state index in [1.54, 1.807) is 7.11 Å². The average molecular weight is 1190 g/mol. The van der Waals surface area contributed by atoms with Gasteiger partial charge in [0.2, 0.25) is 5.91 Å². The van der Waals surface area contributed by atoms with Gasteiger partial charge in [-0.2, -0.15) is 0 Å². The van der Waals surface area contributed by atoms with Crippen molar-refractivity contribution in [3.63, 3.8) is 0 Å². The SMILES string of the molecule is CCCCCCCCCCCCCCC[C@@H](OCc1ccccc1)[C@H](CO[C@H]1O[C@H](CO[Si](C)(C)C(C)(C)C)[C@@H](OCc2ccccc2)[C@H](OCc2ccccc2)[C@H]1O)NC(=O)[C@H](CCCCCCCCCCCC)OCc1ccc(OC)cc1. The lowest BCUT2D eigenvalue weighted by atomic mass is 9.98. The summed E-state index contributed by atoms with van der Waals surface area (Å²) in [6.07, 6.45) is 23.6. The van der Waals surface area contributed by atoms with E-state index < -0.39 is 57.3 Å². The standard InChI is InChI=1S/C73H115NO10Si/c1-9-11-13-15-17-19-21-22-23-25-26-28-39-47-65(78-53-59-41-33-30-34-42-59)64(74-71(76)66(79-54-62-49-51-63(77-6)52-50-62)48-40-29-27-24-20-18-16-14-12-10-2)57-82-72-68(75)70(81-56-61-45-37-32-38-46-61)69(80-55-60-43-35-31-36-44-60)67(84-72)58-83-85(7,8)73(3,4)5/h30-38,41-46,49-52,64-70,72,75H,9-29,39-40,47-48,53-58H2,1-8H3,(H,74,76)/t64-,65+,66-,67+,68+,69+,70+,72-/m0/s1. The maximum absolute atomic E-state index is 15.2. The molecule has 4 aromatic carbocycles. The monoisotopic (exact) mass is 1190 g/mol. The number of rotatable bonds is 47. The third kappa shape index (κ3) is 28.4. The van der Waals surface area contributed by atoms with E-state index in [1.807, 2.05) is 103 Å². The molecule has 1 amide bonds. The summed E-state index contributed by atoms with van der Waals surface area (Å²) in [6.45, 7) is 17.0. The number of carbonyl (C=O) groups is 1. The lowest BCUT2D eigenvalue weighted by Crippen LogP contribution is -2.62. The summed E-state index contributed by atoms with van der Waals surface area (Å²) in [5, 5.41) is 16.1. The fourth-order valence-corrected chi connectivity index (χ4v) is 11.9. The highest BCUT2D eigenvalue weighted by Gasteiger charge is 2.49. The van der Waals surface area contributed by atoms with Crippen molar-refractivity contribution in [2.45, 2.75) is 289 Å². The smallest absolute Gasteiger partial charge is 0.249 e. The lowest BCUT2D eigenvalue weighted by molar-refractivity contribution is -0.318. The molecule has 8 atom stereocenters. The van der Waals surface area contributed by atoms with Gasteiger partial charge in [-0.15, -0.1) is 0 Å². The minimum Gasteiger partial charge on any atom is -0.497 e. The van der Waals surface area contributed by atoms with Gasteiger partial charge in [0.05, 0.1) is 58.9 Å². The highest BCUT2D eigenvalue weighted by molar-refractivity contribution is 6.74. The van der Waals surface area contributed by atoms with E-state index in [2.05, 4.69) is 65.2 Å². The molecule has 0 saturated carbocycles. The number of benzene rings is 4. The van der Waals surface area contributed by atoms with Crippen LogP contribution in [0, 0.1) is 0 Å². The number of hydrogen-bond acceptors (Lipinski definition) is 10. The van der Waals surface area contributed by atoms with E-state index >= 15 is 4.79 Å². The molecule has 5 rings (SSSR count). The zero-order chi connectivity index (χ0) is 60.8. The largest absolute Gasteiger partial charge is 0.497 e. The van der Waals surface area contributed by atoms with Crippen molar-refractivity contribution in [2.24, 2.45) is 0 Å². The Bertz CT molecular complexity index is 2270. The van der Waals surface area contributed by atoms with Crippen molar-refractivity contribution >= 4 is 14.2 Å². The third-order valence-corrected chi connectivity index (χ3v) is 21.9. The van der Waals surface area contributed by atoms with Gasteiger partial charge in [0.25, 0.3) is 0 Å². The summed E-state index contributed by atoms with van der Waals surface area (Å²) in [5.41, 5.74) is 3.95. The second-order valence-corrected chi connectivity index (χ2v) is 30.4. The van der Waals surface area contributed by atoms with Gasteiger partial charge in [-0.05, 0) is 65.4 Å². The minimum atomic E-state index is -2.31. The molecule has 0 aliphatic carbocycles. The molecule has 0 aromatic heterocycles. The third-order valence-electron chi connectivity index (χ3n) is 17.4. The van der Waals surface area contributed by atoms with Crippen LogP contribution in [0.25, 0.3) is 0 Å². The van der Waals surface area contributed by atoms with Crippen molar-refractivity contribution in [1.29, 1.82) is 0 Å². The molecule has 1 aliphatic heterocycles. The Hall–Kier alpha value is -3.95. The van der Waals surface area contributed by atoms with Crippen LogP contribution in [0.3, 0.4) is 0 Å². The van der Waals surface area contributed by atoms with Crippen molar-refractivity contribution in [3.05, 3.63) is 138 Å². The summed E-state index contributed by atoms with van der Waals surface area (Å²) in [7, 11) is -0.648. The quantitative estimate of drug-likeness (QED) is 0.0326. The van der Waals surface area contributed by atoms with Crippen LogP contribution in [0.4, 0.5) is 0 Å². The van der Waals surface area contributed by atoms with Crippen LogP contribution < -0.4 is 10.1 Å². The number of amides is 1. The van der Waals surface area contributed by atoms with Gasteiger partial charge in [0, 0.05) is 0 Å². The van der Waals surface area contributed by atoms with Crippen LogP contribution in [0.15, 0.2) is 115 Å². The molecule has 0 radical (unpaired) electrons. The zero-order valence-electron chi connectivity index (χ0n) is 54.1. The first-order valence-electron chi connectivity index (χ1n) is 33.4. The maximum atomic E-state index is 15.2. The van der Waals surface area contributed by atoms with Crippen molar-refractivity contribution in [3.8, 4) is 5.75 Å². The summed E-state index contributed by atoms with van der Waals surface area (Å²) < 4.78 is 53.5. The molecule has 1 aliphatic rings. The molecule has 2 N–H and O–H groups in total. The van der Waals surface area contributed by atoms with Crippen LogP contribution in [0.1, 0.15) is 217 Å². The normalized spacial score (nSPS) is 18.5. The zero-order valence-corrected chi connectivity index (χ0v) is 55.1. The highest BCUT2D eigenvalue weighted by atomic mass is 28.4. The molecular formula is C73H115NO10Si. The second-order valence-electron chi connectivity index (χ2n) is 25.6. The van der Waals surface area contributed by atoms with Crippen LogP contribution in [-0.2, 0) is 64.1 Å². The Balaban J connectivity index is 1.43. The van der Waals surface area contributed by atoms with Gasteiger partial charge < -0.3 is 48.0 Å². The van der Waals surface area contributed by atoms with Gasteiger partial charge in [-0.3, -0.25) is 4.79 Å². The number of ether oxygens (including phenoxy) is 7. The highest BCUT2D eigenvalue weighted by Crippen LogP contribution is 2.38. The number of carbonyl (C=O) groups excluding carboxylic acids is 1. The van der Waals surface area contributed by atoms with Crippen LogP contribution in [0.2, 0.25) is 18.1 Å². The molecule has 0 spiro atoms. The van der Waals surface area contributed by atoms with Crippen LogP contribution in [0.5, 0.6) is 5.75 Å². The number of nitrogens with one attached hydrogen (secondary N) is 1. The Kier molecular flexibility index (Phi) is 35.5. The number of unbranched alkanes of at least 4 members (excludes halogenated alkanes) is 21. The number of aliphatic hydroxyl groups is 1. The summed E-state index contributed by atoms with van der Waals surface area (Å²) in [6, 6.07) is 37.4. The van der Waals surface area contributed by atoms with E-state index in [4.69, 9.17) is 37.6 Å². The minimum absolute atomic E-state index is 0.00835. The molecule has 85 heavy (non-hydrogen) atoms. The Morgan fingerprint density at radius 1 is 0.541 bits per heavy atom. The summed E-state index contributed by atoms with van der Waals surface area (Å²) in [5.74, 6) is 0.558. The lowest BCUT2D eigenvalue weighted by Gasteiger charge is -2.46. The second kappa shape index (κ2) is 42.1. The van der Waals surface area contributed by atoms with Gasteiger partial charge in [-0.1, -0.05) is 285 Å². The summed E-state index contributed by atoms with van der Waals surface area (Å²) >= 11 is 0. The number of aliphatic hydroxyl groups excluding tert-OH is 1. The van der Waals surface area contributed by atoms with E-state index in [-0.39, 0.29) is 44.0 Å². The molecule has 1 saturated heterocycles. The number of methoxy groups -OCH3 is 1. The average Bonchev–Trinajstić information content (AvgIpc) is 2.24. The van der Waals surface area contributed by atoms with Gasteiger partial charge >= 0.3 is 0 Å². The predicted octanol–water partition coefficient (Wildman–Crippen LogP) is 17.7. The Morgan fingerprint density at radius 2 is 0.965 bits per heavy atom. The molecule has 11 nitrogen and oxygen atoms in total. The Morgan fingerprint density at radius 3 is 1.44 bits per heavy atom. The van der Waals surface area contributed by atoms with E-state index in [0.717, 1.165) is 66.5 Å². The summed E-state index contributed by atoms with van der Waals surface area (Å²) in [4.78, 5) is 15.2. The van der Waals surface area contributed by atoms with E-state index in [9.17, 15) is 5.11 Å². The molecule has 0 unspecified atom stereocenters. The van der Waals surface area contributed by atoms with Gasteiger partial charge in [0.15, 0.2) is 14.6 Å². The van der Waals surface area contributed by atoms with Gasteiger partial charge in [-0.25, -0.2) is 0 Å². The van der Waals surface area contributed by atoms with Crippen molar-refractivity contribution in [1.82, 2.24) is 5.32 Å². The van der Waals surface area contributed by atoms with Crippen molar-refractivity contribution in [2.75, 3.05) is 20.3 Å². The van der Waals surface area contributed by atoms with E-state index in [0.29, 0.717) is 19.4 Å². The predicted molar refractivity (Wildman–Crippen MR) is 349 cm³/mol. The van der Waals surface area contributed by atoms with Crippen molar-refractivity contribution < 1.29 is 47.5 Å². The molecule has 476 valence electrons. The maximum Gasteiger partial charge on any atom is 0.249 e. The first-order chi connectivity index (χ1) is 41.3. The van der Waals surface area contributed by atoms with Gasteiger partial charge in [0.1, 0.15) is 36.3 Å². The molecule has 1 fully saturated rings. The fourth-order valence-electron chi connectivity index (χ4n) is 10.9. The topological polar surface area (TPSA) is 123 Å².